The van der Waals surface area contributed by atoms with E-state index in [2.05, 4.69) is 15.3 Å². The van der Waals surface area contributed by atoms with Crippen LogP contribution in [0.2, 0.25) is 0 Å². The monoisotopic (exact) mass is 297 g/mol. The van der Waals surface area contributed by atoms with Crippen molar-refractivity contribution < 1.29 is 8.42 Å². The summed E-state index contributed by atoms with van der Waals surface area (Å²) in [7, 11) is -3.66. The number of nitrogens with zero attached hydrogens (tertiary/aromatic N) is 6. The van der Waals surface area contributed by atoms with Crippen LogP contribution in [0.5, 0.6) is 0 Å². The number of fused-ring (bicyclic) bond motifs is 1. The van der Waals surface area contributed by atoms with Gasteiger partial charge < -0.3 is 10.3 Å². The van der Waals surface area contributed by atoms with Crippen LogP contribution in [0.1, 0.15) is 12.7 Å². The van der Waals surface area contributed by atoms with Crippen molar-refractivity contribution in [3.63, 3.8) is 0 Å². The Morgan fingerprint density at radius 3 is 2.90 bits per heavy atom. The van der Waals surface area contributed by atoms with Crippen LogP contribution in [-0.2, 0) is 29.7 Å². The van der Waals surface area contributed by atoms with Crippen LogP contribution in [-0.4, -0.2) is 43.8 Å². The van der Waals surface area contributed by atoms with E-state index in [1.54, 1.807) is 6.33 Å². The van der Waals surface area contributed by atoms with Gasteiger partial charge in [0, 0.05) is 25.8 Å². The van der Waals surface area contributed by atoms with Crippen LogP contribution >= 0.6 is 0 Å². The number of nitrogen functional groups attached to an aromatic ring is 1. The fraction of sp³-hybridized carbons (Fsp3) is 0.500. The molecule has 2 aromatic rings. The Morgan fingerprint density at radius 1 is 1.40 bits per heavy atom. The number of hydrogen-bond acceptors (Lipinski definition) is 6. The highest BCUT2D eigenvalue weighted by Gasteiger charge is 2.32. The van der Waals surface area contributed by atoms with Crippen molar-refractivity contribution in [1.29, 1.82) is 0 Å². The summed E-state index contributed by atoms with van der Waals surface area (Å²) in [6.45, 7) is 3.52. The maximum atomic E-state index is 12.6. The normalized spacial score (nSPS) is 16.2. The summed E-state index contributed by atoms with van der Waals surface area (Å²) in [6, 6.07) is 0. The summed E-state index contributed by atoms with van der Waals surface area (Å²) < 4.78 is 29.9. The average Bonchev–Trinajstić information content (AvgIpc) is 3.03. The lowest BCUT2D eigenvalue weighted by Gasteiger charge is -2.25. The Hall–Kier alpha value is -1.94. The predicted octanol–water partition coefficient (Wildman–Crippen LogP) is -0.719. The van der Waals surface area contributed by atoms with Crippen molar-refractivity contribution in [3.8, 4) is 0 Å². The minimum absolute atomic E-state index is 0.0268. The standard InChI is InChI=1S/C10H15N7O2S/c1-2-16-5-8(10(11)14-16)20(18,19)17-4-3-15-7-12-13-9(15)6-17/h5,7H,2-4,6H2,1H3,(H2,11,14). The first kappa shape index (κ1) is 13.1. The van der Waals surface area contributed by atoms with Crippen molar-refractivity contribution in [3.05, 3.63) is 18.3 Å². The van der Waals surface area contributed by atoms with E-state index in [1.807, 2.05) is 11.5 Å². The Kier molecular flexibility index (Phi) is 2.98. The molecule has 108 valence electrons. The molecule has 9 nitrogen and oxygen atoms in total. The molecule has 1 aliphatic heterocycles. The van der Waals surface area contributed by atoms with E-state index in [0.717, 1.165) is 0 Å². The van der Waals surface area contributed by atoms with Crippen LogP contribution in [0.25, 0.3) is 0 Å². The van der Waals surface area contributed by atoms with Crippen molar-refractivity contribution >= 4 is 15.8 Å². The zero-order valence-electron chi connectivity index (χ0n) is 11.0. The topological polar surface area (TPSA) is 112 Å². The fourth-order valence-electron chi connectivity index (χ4n) is 2.17. The van der Waals surface area contributed by atoms with Crippen molar-refractivity contribution in [2.24, 2.45) is 0 Å². The first-order valence-electron chi connectivity index (χ1n) is 6.22. The lowest BCUT2D eigenvalue weighted by molar-refractivity contribution is 0.335. The van der Waals surface area contributed by atoms with Crippen LogP contribution in [0.4, 0.5) is 5.82 Å². The van der Waals surface area contributed by atoms with E-state index >= 15 is 0 Å². The molecule has 0 bridgehead atoms. The Bertz CT molecular complexity index is 733. The molecule has 2 N–H and O–H groups in total. The van der Waals surface area contributed by atoms with E-state index in [4.69, 9.17) is 5.73 Å². The van der Waals surface area contributed by atoms with Gasteiger partial charge >= 0.3 is 0 Å². The largest absolute Gasteiger partial charge is 0.381 e. The summed E-state index contributed by atoms with van der Waals surface area (Å²) in [5.74, 6) is 0.653. The van der Waals surface area contributed by atoms with Crippen molar-refractivity contribution in [2.45, 2.75) is 31.5 Å². The van der Waals surface area contributed by atoms with Crippen LogP contribution in [0.15, 0.2) is 17.4 Å². The molecule has 0 aromatic carbocycles. The SMILES string of the molecule is CCn1cc(S(=O)(=O)N2CCn3cnnc3C2)c(N)n1. The van der Waals surface area contributed by atoms with E-state index in [1.165, 1.54) is 15.2 Å². The molecule has 0 unspecified atom stereocenters. The molecule has 0 saturated heterocycles. The minimum atomic E-state index is -3.66. The molecule has 20 heavy (non-hydrogen) atoms. The second-order valence-corrected chi connectivity index (χ2v) is 6.42. The molecule has 0 spiro atoms. The van der Waals surface area contributed by atoms with Gasteiger partial charge in [0.25, 0.3) is 0 Å². The Balaban J connectivity index is 1.95. The number of rotatable bonds is 3. The quantitative estimate of drug-likeness (QED) is 0.800. The van der Waals surface area contributed by atoms with Crippen LogP contribution in [0, 0.1) is 0 Å². The fourth-order valence-corrected chi connectivity index (χ4v) is 3.61. The van der Waals surface area contributed by atoms with Crippen LogP contribution in [0.3, 0.4) is 0 Å². The number of aromatic nitrogens is 5. The maximum Gasteiger partial charge on any atom is 0.248 e. The molecule has 2 aromatic heterocycles. The van der Waals surface area contributed by atoms with Gasteiger partial charge in [0.2, 0.25) is 10.0 Å². The van der Waals surface area contributed by atoms with E-state index in [9.17, 15) is 8.42 Å². The molecule has 0 radical (unpaired) electrons. The van der Waals surface area contributed by atoms with Gasteiger partial charge in [-0.15, -0.1) is 10.2 Å². The molecule has 1 aliphatic rings. The third kappa shape index (κ3) is 1.96. The van der Waals surface area contributed by atoms with E-state index < -0.39 is 10.0 Å². The van der Waals surface area contributed by atoms with E-state index in [0.29, 0.717) is 25.5 Å². The number of nitrogens with two attached hydrogens (primary N) is 1. The number of sulfonamides is 1. The second kappa shape index (κ2) is 4.56. The molecule has 3 heterocycles. The second-order valence-electron chi connectivity index (χ2n) is 4.51. The zero-order valence-corrected chi connectivity index (χ0v) is 11.8. The Labute approximate surface area is 116 Å². The first-order valence-corrected chi connectivity index (χ1v) is 7.66. The average molecular weight is 297 g/mol. The lowest BCUT2D eigenvalue weighted by atomic mass is 10.4. The smallest absolute Gasteiger partial charge is 0.248 e. The van der Waals surface area contributed by atoms with Crippen molar-refractivity contribution in [2.75, 3.05) is 12.3 Å². The number of hydrogen-bond donors (Lipinski definition) is 1. The predicted molar refractivity (Wildman–Crippen MR) is 69.9 cm³/mol. The number of aryl methyl sites for hydroxylation is 1. The van der Waals surface area contributed by atoms with Gasteiger partial charge in [0.05, 0.1) is 6.54 Å². The molecular formula is C10H15N7O2S. The molecule has 0 aliphatic carbocycles. The van der Waals surface area contributed by atoms with Gasteiger partial charge in [-0.1, -0.05) is 0 Å². The third-order valence-corrected chi connectivity index (χ3v) is 5.16. The van der Waals surface area contributed by atoms with Crippen LogP contribution < -0.4 is 5.73 Å². The molecule has 0 atom stereocenters. The number of anilines is 1. The maximum absolute atomic E-state index is 12.6. The Morgan fingerprint density at radius 2 is 2.20 bits per heavy atom. The zero-order chi connectivity index (χ0) is 14.3. The third-order valence-electron chi connectivity index (χ3n) is 3.30. The highest BCUT2D eigenvalue weighted by Crippen LogP contribution is 2.24. The molecule has 0 amide bonds. The van der Waals surface area contributed by atoms with E-state index in [-0.39, 0.29) is 17.3 Å². The first-order chi connectivity index (χ1) is 9.52. The molecule has 3 rings (SSSR count). The van der Waals surface area contributed by atoms with Gasteiger partial charge in [0.15, 0.2) is 5.82 Å². The molecule has 0 fully saturated rings. The van der Waals surface area contributed by atoms with Gasteiger partial charge in [-0.25, -0.2) is 8.42 Å². The summed E-state index contributed by atoms with van der Waals surface area (Å²) in [5, 5.41) is 11.7. The summed E-state index contributed by atoms with van der Waals surface area (Å²) in [6.07, 6.45) is 3.06. The van der Waals surface area contributed by atoms with Gasteiger partial charge in [0.1, 0.15) is 17.0 Å². The molecular weight excluding hydrogens is 282 g/mol. The minimum Gasteiger partial charge on any atom is -0.381 e. The summed E-state index contributed by atoms with van der Waals surface area (Å²) in [5.41, 5.74) is 5.71. The van der Waals surface area contributed by atoms with Gasteiger partial charge in [-0.2, -0.15) is 9.40 Å². The molecule has 10 heteroatoms. The van der Waals surface area contributed by atoms with Crippen molar-refractivity contribution in [1.82, 2.24) is 28.9 Å². The lowest BCUT2D eigenvalue weighted by Crippen LogP contribution is -2.38. The highest BCUT2D eigenvalue weighted by atomic mass is 32.2. The van der Waals surface area contributed by atoms with Gasteiger partial charge in [-0.05, 0) is 6.92 Å². The molecule has 0 saturated carbocycles. The highest BCUT2D eigenvalue weighted by molar-refractivity contribution is 7.89. The van der Waals surface area contributed by atoms with Gasteiger partial charge in [-0.3, -0.25) is 4.68 Å². The summed E-state index contributed by atoms with van der Waals surface area (Å²) >= 11 is 0. The summed E-state index contributed by atoms with van der Waals surface area (Å²) in [4.78, 5) is 0.0484.